The van der Waals surface area contributed by atoms with Crippen molar-refractivity contribution in [1.29, 1.82) is 0 Å². The zero-order chi connectivity index (χ0) is 49.7. The van der Waals surface area contributed by atoms with Crippen LogP contribution in [0.2, 0.25) is 0 Å². The van der Waals surface area contributed by atoms with Crippen LogP contribution in [0.25, 0.3) is 39.4 Å². The summed E-state index contributed by atoms with van der Waals surface area (Å²) in [7, 11) is -2.99. The van der Waals surface area contributed by atoms with Gasteiger partial charge in [-0.15, -0.1) is 0 Å². The topological polar surface area (TPSA) is 120 Å². The predicted octanol–water partition coefficient (Wildman–Crippen LogP) is 11.8. The molecule has 0 unspecified atom stereocenters. The lowest BCUT2D eigenvalue weighted by Gasteiger charge is -2.27. The minimum atomic E-state index is -4.67. The zero-order valence-corrected chi connectivity index (χ0v) is 43.7. The minimum Gasteiger partial charge on any atom is -0.744 e. The van der Waals surface area contributed by atoms with Gasteiger partial charge in [0.2, 0.25) is 11.3 Å². The molecule has 3 heterocycles. The SMILES string of the molecule is CC[N+](CC)=c1ccc2c(-c3ccccc3)c(C)c(/C=C/C=C3/N(CCCCCC(=O)NCCc4c(C)n(Cc5ccc(Br)cc5)c5ccc(OC)cc45)c4ccc(S(=O)(=O)[O-])cc4C3(C)C)oc-2c1. The summed E-state index contributed by atoms with van der Waals surface area (Å²) < 4.78 is 54.7. The smallest absolute Gasteiger partial charge is 0.220 e. The minimum absolute atomic E-state index is 0.0210. The Morgan fingerprint density at radius 1 is 0.914 bits per heavy atom. The Morgan fingerprint density at radius 2 is 1.67 bits per heavy atom. The quantitative estimate of drug-likeness (QED) is 0.0516. The number of aromatic nitrogens is 1. The van der Waals surface area contributed by atoms with Crippen molar-refractivity contribution in [1.82, 2.24) is 14.5 Å². The zero-order valence-electron chi connectivity index (χ0n) is 41.3. The molecule has 0 fully saturated rings. The third-order valence-electron chi connectivity index (χ3n) is 13.9. The van der Waals surface area contributed by atoms with Crippen LogP contribution in [-0.4, -0.2) is 56.7 Å². The highest BCUT2D eigenvalue weighted by Crippen LogP contribution is 2.49. The number of methoxy groups -OCH3 is 1. The highest BCUT2D eigenvalue weighted by Gasteiger charge is 2.40. The second-order valence-electron chi connectivity index (χ2n) is 18.6. The molecule has 1 amide bonds. The number of nitrogens with one attached hydrogen (secondary N) is 1. The Labute approximate surface area is 421 Å². The normalized spacial score (nSPS) is 14.0. The number of allylic oxidation sites excluding steroid dienone is 3. The van der Waals surface area contributed by atoms with Gasteiger partial charge in [0.1, 0.15) is 40.5 Å². The lowest BCUT2D eigenvalue weighted by atomic mass is 9.83. The van der Waals surface area contributed by atoms with E-state index in [0.717, 1.165) is 110 Å². The molecular weight excluding hydrogens is 961 g/mol. The van der Waals surface area contributed by atoms with E-state index >= 15 is 0 Å². The van der Waals surface area contributed by atoms with Gasteiger partial charge in [0.25, 0.3) is 0 Å². The summed E-state index contributed by atoms with van der Waals surface area (Å²) in [4.78, 5) is 15.2. The van der Waals surface area contributed by atoms with Crippen LogP contribution in [0, 0.1) is 13.8 Å². The summed E-state index contributed by atoms with van der Waals surface area (Å²) in [6, 6.07) is 36.1. The summed E-state index contributed by atoms with van der Waals surface area (Å²) in [5, 5.41) is 5.41. The highest BCUT2D eigenvalue weighted by molar-refractivity contribution is 9.10. The maximum absolute atomic E-state index is 13.2. The molecular formula is C58H63BrN4O6S. The Kier molecular flexibility index (Phi) is 15.4. The molecule has 2 aliphatic heterocycles. The third-order valence-corrected chi connectivity index (χ3v) is 15.3. The first-order valence-corrected chi connectivity index (χ1v) is 26.5. The molecule has 0 bridgehead atoms. The number of nitrogens with zero attached hydrogens (tertiary/aromatic N) is 3. The molecule has 10 nitrogen and oxygen atoms in total. The van der Waals surface area contributed by atoms with Gasteiger partial charge >= 0.3 is 0 Å². The molecule has 3 aliphatic rings. The number of rotatable bonds is 18. The van der Waals surface area contributed by atoms with Crippen molar-refractivity contribution in [2.75, 3.05) is 38.2 Å². The second kappa shape index (κ2) is 21.4. The summed E-state index contributed by atoms with van der Waals surface area (Å²) >= 11 is 3.55. The number of anilines is 1. The van der Waals surface area contributed by atoms with E-state index < -0.39 is 15.5 Å². The Balaban J connectivity index is 0.978. The van der Waals surface area contributed by atoms with E-state index in [4.69, 9.17) is 9.15 Å². The third kappa shape index (κ3) is 10.6. The molecule has 0 saturated carbocycles. The second-order valence-corrected chi connectivity index (χ2v) is 20.9. The molecule has 70 heavy (non-hydrogen) atoms. The van der Waals surface area contributed by atoms with Crippen molar-refractivity contribution >= 4 is 54.6 Å². The Morgan fingerprint density at radius 3 is 2.39 bits per heavy atom. The molecule has 0 spiro atoms. The Bertz CT molecular complexity index is 3250. The first kappa shape index (κ1) is 50.2. The maximum atomic E-state index is 13.2. The van der Waals surface area contributed by atoms with E-state index in [9.17, 15) is 17.8 Å². The van der Waals surface area contributed by atoms with Crippen molar-refractivity contribution in [3.8, 4) is 28.2 Å². The van der Waals surface area contributed by atoms with E-state index in [0.29, 0.717) is 32.4 Å². The fraction of sp³-hybridized carbons (Fsp3) is 0.310. The number of hydrogen-bond donors (Lipinski definition) is 1. The largest absolute Gasteiger partial charge is 0.744 e. The monoisotopic (exact) mass is 1020 g/mol. The van der Waals surface area contributed by atoms with E-state index in [-0.39, 0.29) is 10.8 Å². The van der Waals surface area contributed by atoms with Crippen LogP contribution in [0.3, 0.4) is 0 Å². The van der Waals surface area contributed by atoms with Gasteiger partial charge in [0.05, 0.1) is 18.1 Å². The highest BCUT2D eigenvalue weighted by atomic mass is 79.9. The van der Waals surface area contributed by atoms with Crippen LogP contribution in [0.1, 0.15) is 87.1 Å². The molecule has 0 atom stereocenters. The summed E-state index contributed by atoms with van der Waals surface area (Å²) in [5.74, 6) is 2.35. The summed E-state index contributed by atoms with van der Waals surface area (Å²) in [5.41, 5.74) is 11.0. The molecule has 1 N–H and O–H groups in total. The number of unbranched alkanes of at least 4 members (excludes halogenated alkanes) is 2. The molecule has 1 aromatic heterocycles. The fourth-order valence-corrected chi connectivity index (χ4v) is 10.9. The number of carbonyl (C=O) groups excluding carboxylic acids is 1. The van der Waals surface area contributed by atoms with Crippen LogP contribution in [-0.2, 0) is 33.3 Å². The number of amides is 1. The van der Waals surface area contributed by atoms with Crippen LogP contribution >= 0.6 is 15.9 Å². The molecule has 12 heteroatoms. The van der Waals surface area contributed by atoms with Crippen molar-refractivity contribution < 1.29 is 26.9 Å². The van der Waals surface area contributed by atoms with Gasteiger partial charge < -0.3 is 28.5 Å². The van der Waals surface area contributed by atoms with Gasteiger partial charge in [-0.1, -0.05) is 84.7 Å². The van der Waals surface area contributed by atoms with Crippen molar-refractivity contribution in [2.45, 2.75) is 90.5 Å². The Hall–Kier alpha value is -6.21. The van der Waals surface area contributed by atoms with Crippen LogP contribution in [0.4, 0.5) is 5.69 Å². The summed E-state index contributed by atoms with van der Waals surface area (Å²) in [6.45, 7) is 16.3. The van der Waals surface area contributed by atoms with Crippen LogP contribution < -0.4 is 24.9 Å². The predicted molar refractivity (Wildman–Crippen MR) is 285 cm³/mol. The number of halogens is 1. The van der Waals surface area contributed by atoms with Crippen LogP contribution in [0.15, 0.2) is 141 Å². The lowest BCUT2D eigenvalue weighted by molar-refractivity contribution is -0.121. The van der Waals surface area contributed by atoms with Crippen molar-refractivity contribution in [3.05, 3.63) is 171 Å². The van der Waals surface area contributed by atoms with E-state index in [1.165, 1.54) is 29.0 Å². The van der Waals surface area contributed by atoms with Gasteiger partial charge in [-0.25, -0.2) is 13.0 Å². The molecule has 0 saturated heterocycles. The van der Waals surface area contributed by atoms with Gasteiger partial charge in [0, 0.05) is 81.1 Å². The number of benzene rings is 5. The molecule has 4 aromatic carbocycles. The van der Waals surface area contributed by atoms with Crippen LogP contribution in [0.5, 0.6) is 5.75 Å². The number of fused-ring (bicyclic) bond motifs is 3. The molecule has 0 radical (unpaired) electrons. The molecule has 364 valence electrons. The number of ether oxygens (including phenoxy) is 1. The van der Waals surface area contributed by atoms with Crippen molar-refractivity contribution in [2.24, 2.45) is 0 Å². The average molecular weight is 1020 g/mol. The standard InChI is InChI=1S/C58H63BrN4O6S/c1-8-61(9-2)44-26-29-48-54(35-44)69-53(39(3)57(48)42-17-12-10-13-18-42)19-16-20-55-58(5,6)50-37-46(70(65,66)67)28-31-52(50)62(55)34-15-11-14-21-56(64)60-33-32-47-40(4)63(38-41-22-24-43(59)25-23-41)51-30-27-45(68-7)36-49(47)51/h10,12-13,16-20,22-31,35-37H,8-9,11,14-15,21,32-34,38H2,1-7H3,(H-,60,64,65,66,67). The van der Waals surface area contributed by atoms with E-state index in [1.54, 1.807) is 13.2 Å². The first-order valence-electron chi connectivity index (χ1n) is 24.3. The number of hydrogen-bond acceptors (Lipinski definition) is 7. The van der Waals surface area contributed by atoms with Gasteiger partial charge in [-0.2, -0.15) is 0 Å². The van der Waals surface area contributed by atoms with Crippen molar-refractivity contribution in [3.63, 3.8) is 0 Å². The number of carbonyl (C=O) groups is 1. The van der Waals surface area contributed by atoms with E-state index in [2.05, 4.69) is 162 Å². The lowest BCUT2D eigenvalue weighted by Crippen LogP contribution is -2.29. The first-order chi connectivity index (χ1) is 33.6. The van der Waals surface area contributed by atoms with Gasteiger partial charge in [0.15, 0.2) is 0 Å². The maximum Gasteiger partial charge on any atom is 0.220 e. The van der Waals surface area contributed by atoms with E-state index in [1.807, 2.05) is 24.3 Å². The van der Waals surface area contributed by atoms with Gasteiger partial charge in [-0.05, 0) is 142 Å². The average Bonchev–Trinajstić information content (AvgIpc) is 3.72. The molecule has 8 rings (SSSR count). The molecule has 1 aliphatic carbocycles. The molecule has 5 aromatic rings. The van der Waals surface area contributed by atoms with Gasteiger partial charge in [-0.3, -0.25) is 4.79 Å². The fourth-order valence-electron chi connectivity index (χ4n) is 10.1. The summed E-state index contributed by atoms with van der Waals surface area (Å²) in [6.07, 6.45) is 9.50.